The number of likely N-dealkylation sites (tertiary alicyclic amines) is 1. The van der Waals surface area contributed by atoms with Crippen molar-refractivity contribution in [3.05, 3.63) is 28.8 Å². The Balaban J connectivity index is 1.40. The SMILES string of the molecule is CC1CC[C@@H](C(C)C)[C@H](O[C@@H]2OC(=O)C[C@@H]2NC(=O)[C@@H]2C[C@H](F)CN2C(=O)[C@H](C)NC(=O)c2ccc(N)c(Cl)c2)C1. The van der Waals surface area contributed by atoms with E-state index in [1.165, 1.54) is 25.1 Å². The molecule has 8 atom stereocenters. The van der Waals surface area contributed by atoms with E-state index < -0.39 is 54.3 Å². The Kier molecular flexibility index (Phi) is 9.79. The largest absolute Gasteiger partial charge is 0.433 e. The fourth-order valence-electron chi connectivity index (χ4n) is 6.04. The van der Waals surface area contributed by atoms with Crippen molar-refractivity contribution in [3.8, 4) is 0 Å². The molecule has 3 fully saturated rings. The van der Waals surface area contributed by atoms with E-state index in [9.17, 15) is 23.6 Å². The third kappa shape index (κ3) is 7.30. The summed E-state index contributed by atoms with van der Waals surface area (Å²) in [4.78, 5) is 52.6. The number of hydrogen-bond acceptors (Lipinski definition) is 7. The second kappa shape index (κ2) is 12.9. The monoisotopic (exact) mass is 594 g/mol. The number of esters is 1. The molecule has 1 aliphatic carbocycles. The Morgan fingerprint density at radius 1 is 1.20 bits per heavy atom. The molecule has 1 saturated carbocycles. The zero-order chi connectivity index (χ0) is 30.0. The van der Waals surface area contributed by atoms with Gasteiger partial charge in [-0.05, 0) is 55.7 Å². The van der Waals surface area contributed by atoms with Crippen molar-refractivity contribution in [3.63, 3.8) is 0 Å². The zero-order valence-corrected chi connectivity index (χ0v) is 24.7. The number of rotatable bonds is 8. The summed E-state index contributed by atoms with van der Waals surface area (Å²) >= 11 is 6.00. The van der Waals surface area contributed by atoms with E-state index in [-0.39, 0.29) is 36.1 Å². The molecular weight excluding hydrogens is 555 g/mol. The highest BCUT2D eigenvalue weighted by Gasteiger charge is 2.45. The van der Waals surface area contributed by atoms with Gasteiger partial charge in [-0.3, -0.25) is 19.2 Å². The first kappa shape index (κ1) is 31.0. The number of anilines is 1. The molecule has 2 heterocycles. The van der Waals surface area contributed by atoms with Crippen molar-refractivity contribution in [2.24, 2.45) is 17.8 Å². The molecule has 0 bridgehead atoms. The number of nitrogens with one attached hydrogen (secondary N) is 2. The van der Waals surface area contributed by atoms with Crippen molar-refractivity contribution in [1.82, 2.24) is 15.5 Å². The molecule has 3 aliphatic rings. The molecule has 4 N–H and O–H groups in total. The number of halogens is 2. The van der Waals surface area contributed by atoms with Crippen LogP contribution >= 0.6 is 11.6 Å². The maximum Gasteiger partial charge on any atom is 0.310 e. The highest BCUT2D eigenvalue weighted by atomic mass is 35.5. The lowest BCUT2D eigenvalue weighted by molar-refractivity contribution is -0.191. The number of nitrogens with two attached hydrogens (primary N) is 1. The van der Waals surface area contributed by atoms with Crippen molar-refractivity contribution >= 4 is 41.0 Å². The van der Waals surface area contributed by atoms with E-state index in [0.717, 1.165) is 24.2 Å². The minimum atomic E-state index is -1.42. The Hall–Kier alpha value is -2.92. The van der Waals surface area contributed by atoms with E-state index in [1.807, 2.05) is 0 Å². The zero-order valence-electron chi connectivity index (χ0n) is 23.9. The van der Waals surface area contributed by atoms with Gasteiger partial charge in [-0.25, -0.2) is 4.39 Å². The van der Waals surface area contributed by atoms with Gasteiger partial charge in [-0.15, -0.1) is 0 Å². The fraction of sp³-hybridized carbons (Fsp3) is 0.655. The summed E-state index contributed by atoms with van der Waals surface area (Å²) in [5, 5.41) is 5.55. The minimum absolute atomic E-state index is 0.0820. The molecule has 0 spiro atoms. The number of nitrogen functional groups attached to an aromatic ring is 1. The van der Waals surface area contributed by atoms with Crippen LogP contribution in [-0.2, 0) is 23.9 Å². The molecular formula is C29H40ClFN4O6. The van der Waals surface area contributed by atoms with Gasteiger partial charge < -0.3 is 30.7 Å². The summed E-state index contributed by atoms with van der Waals surface area (Å²) in [5.74, 6) is -1.11. The van der Waals surface area contributed by atoms with Crippen molar-refractivity contribution in [2.75, 3.05) is 12.3 Å². The molecule has 226 valence electrons. The number of carbonyl (C=O) groups excluding carboxylic acids is 4. The van der Waals surface area contributed by atoms with E-state index >= 15 is 0 Å². The summed E-state index contributed by atoms with van der Waals surface area (Å²) in [6.45, 7) is 7.62. The average Bonchev–Trinajstić information content (AvgIpc) is 3.46. The first-order chi connectivity index (χ1) is 19.3. The Bertz CT molecular complexity index is 1170. The van der Waals surface area contributed by atoms with E-state index in [4.69, 9.17) is 26.8 Å². The van der Waals surface area contributed by atoms with Gasteiger partial charge in [-0.2, -0.15) is 0 Å². The molecule has 1 unspecified atom stereocenters. The molecule has 1 aromatic carbocycles. The highest BCUT2D eigenvalue weighted by molar-refractivity contribution is 6.33. The molecule has 2 aliphatic heterocycles. The van der Waals surface area contributed by atoms with Crippen LogP contribution in [0.2, 0.25) is 5.02 Å². The van der Waals surface area contributed by atoms with Gasteiger partial charge >= 0.3 is 5.97 Å². The first-order valence-corrected chi connectivity index (χ1v) is 14.7. The van der Waals surface area contributed by atoms with Gasteiger partial charge in [0.25, 0.3) is 5.91 Å². The molecule has 12 heteroatoms. The third-order valence-corrected chi connectivity index (χ3v) is 8.70. The molecule has 41 heavy (non-hydrogen) atoms. The molecule has 4 rings (SSSR count). The number of benzene rings is 1. The minimum Gasteiger partial charge on any atom is -0.433 e. The molecule has 2 saturated heterocycles. The van der Waals surface area contributed by atoms with Gasteiger partial charge in [0.15, 0.2) is 0 Å². The quantitative estimate of drug-likeness (QED) is 0.310. The Labute approximate surface area is 244 Å². The molecule has 10 nitrogen and oxygen atoms in total. The first-order valence-electron chi connectivity index (χ1n) is 14.3. The smallest absolute Gasteiger partial charge is 0.310 e. The van der Waals surface area contributed by atoms with E-state index in [1.54, 1.807) is 0 Å². The number of ether oxygens (including phenoxy) is 2. The van der Waals surface area contributed by atoms with Crippen LogP contribution < -0.4 is 16.4 Å². The average molecular weight is 595 g/mol. The lowest BCUT2D eigenvalue weighted by Gasteiger charge is -2.38. The number of hydrogen-bond donors (Lipinski definition) is 3. The van der Waals surface area contributed by atoms with Crippen LogP contribution in [0.3, 0.4) is 0 Å². The van der Waals surface area contributed by atoms with Crippen LogP contribution in [0.4, 0.5) is 10.1 Å². The summed E-state index contributed by atoms with van der Waals surface area (Å²) in [5.41, 5.74) is 6.20. The topological polar surface area (TPSA) is 140 Å². The van der Waals surface area contributed by atoms with Crippen LogP contribution in [0.1, 0.15) is 70.2 Å². The highest BCUT2D eigenvalue weighted by Crippen LogP contribution is 2.37. The molecule has 0 radical (unpaired) electrons. The standard InChI is InChI=1S/C29H40ClFN4O6/c1-14(2)19-7-5-15(3)9-24(19)40-29-22(12-25(36)41-29)34-27(38)23-11-18(31)13-35(23)28(39)16(4)33-26(37)17-6-8-21(32)20(30)10-17/h6,8,10,14-16,18-19,22-24,29H,5,7,9,11-13,32H2,1-4H3,(H,33,37)(H,34,38)/t15?,16-,18-,19-,22-,23-,24+,29+/m0/s1. The number of nitrogens with zero attached hydrogens (tertiary/aromatic N) is 1. The van der Waals surface area contributed by atoms with Crippen LogP contribution in [0.25, 0.3) is 0 Å². The number of alkyl halides is 1. The lowest BCUT2D eigenvalue weighted by Crippen LogP contribution is -2.55. The Morgan fingerprint density at radius 2 is 1.93 bits per heavy atom. The number of cyclic esters (lactones) is 1. The molecule has 1 aromatic rings. The van der Waals surface area contributed by atoms with Crippen molar-refractivity contribution < 1.29 is 33.0 Å². The molecule has 0 aromatic heterocycles. The van der Waals surface area contributed by atoms with Gasteiger partial charge in [-0.1, -0.05) is 38.8 Å². The predicted molar refractivity (Wildman–Crippen MR) is 150 cm³/mol. The maximum absolute atomic E-state index is 14.5. The summed E-state index contributed by atoms with van der Waals surface area (Å²) < 4.78 is 26.3. The third-order valence-electron chi connectivity index (χ3n) is 8.38. The lowest BCUT2D eigenvalue weighted by atomic mass is 9.75. The number of carbonyl (C=O) groups is 4. The van der Waals surface area contributed by atoms with Crippen LogP contribution in [-0.4, -0.2) is 71.8 Å². The Morgan fingerprint density at radius 3 is 2.61 bits per heavy atom. The normalized spacial score (nSPS) is 30.7. The second-order valence-electron chi connectivity index (χ2n) is 11.9. The number of amides is 3. The van der Waals surface area contributed by atoms with Gasteiger partial charge in [0.2, 0.25) is 18.1 Å². The van der Waals surface area contributed by atoms with Crippen LogP contribution in [0.5, 0.6) is 0 Å². The van der Waals surface area contributed by atoms with Crippen molar-refractivity contribution in [2.45, 2.75) is 96.5 Å². The van der Waals surface area contributed by atoms with Crippen molar-refractivity contribution in [1.29, 1.82) is 0 Å². The van der Waals surface area contributed by atoms with Gasteiger partial charge in [0.1, 0.15) is 24.3 Å². The van der Waals surface area contributed by atoms with Crippen LogP contribution in [0.15, 0.2) is 18.2 Å². The molecule has 3 amide bonds. The summed E-state index contributed by atoms with van der Waals surface area (Å²) in [7, 11) is 0. The second-order valence-corrected chi connectivity index (χ2v) is 12.4. The van der Waals surface area contributed by atoms with Gasteiger partial charge in [0.05, 0.1) is 29.8 Å². The van der Waals surface area contributed by atoms with E-state index in [0.29, 0.717) is 23.4 Å². The maximum atomic E-state index is 14.5. The predicted octanol–water partition coefficient (Wildman–Crippen LogP) is 3.21. The summed E-state index contributed by atoms with van der Waals surface area (Å²) in [6, 6.07) is 1.41. The van der Waals surface area contributed by atoms with Gasteiger partial charge in [0, 0.05) is 12.0 Å². The van der Waals surface area contributed by atoms with Crippen LogP contribution in [0, 0.1) is 17.8 Å². The fourth-order valence-corrected chi connectivity index (χ4v) is 6.22. The summed E-state index contributed by atoms with van der Waals surface area (Å²) in [6.07, 6.45) is 0.175. The van der Waals surface area contributed by atoms with E-state index in [2.05, 4.69) is 31.4 Å².